The number of likely N-dealkylation sites (tertiary alicyclic amines) is 1. The molecule has 1 aromatic heterocycles. The zero-order chi connectivity index (χ0) is 13.5. The van der Waals surface area contributed by atoms with Crippen molar-refractivity contribution in [2.45, 2.75) is 38.6 Å². The average Bonchev–Trinajstić information content (AvgIpc) is 2.50. The fourth-order valence-corrected chi connectivity index (χ4v) is 3.45. The molecule has 5 heteroatoms. The molecule has 3 nitrogen and oxygen atoms in total. The summed E-state index contributed by atoms with van der Waals surface area (Å²) in [5, 5.41) is 4.46. The SMILES string of the molecule is Cc1nn(C)c(CN2CCC(Br)C(C)(C)C2)c1Br. The van der Waals surface area contributed by atoms with Crippen molar-refractivity contribution in [2.75, 3.05) is 13.1 Å². The van der Waals surface area contributed by atoms with E-state index in [9.17, 15) is 0 Å². The predicted octanol–water partition coefficient (Wildman–Crippen LogP) is 3.49. The highest BCUT2D eigenvalue weighted by molar-refractivity contribution is 9.10. The molecule has 0 saturated carbocycles. The van der Waals surface area contributed by atoms with Crippen LogP contribution in [0, 0.1) is 12.3 Å². The van der Waals surface area contributed by atoms with Crippen LogP contribution in [0.1, 0.15) is 31.7 Å². The van der Waals surface area contributed by atoms with Crippen LogP contribution in [0.5, 0.6) is 0 Å². The summed E-state index contributed by atoms with van der Waals surface area (Å²) in [5.41, 5.74) is 2.68. The molecule has 0 radical (unpaired) electrons. The molecule has 0 N–H and O–H groups in total. The fourth-order valence-electron chi connectivity index (χ4n) is 2.64. The van der Waals surface area contributed by atoms with Crippen molar-refractivity contribution in [2.24, 2.45) is 12.5 Å². The van der Waals surface area contributed by atoms with Crippen LogP contribution >= 0.6 is 31.9 Å². The van der Waals surface area contributed by atoms with Crippen molar-refractivity contribution in [3.05, 3.63) is 15.9 Å². The Hall–Kier alpha value is 0.130. The Bertz CT molecular complexity index is 440. The first kappa shape index (κ1) is 14.5. The molecule has 1 atom stereocenters. The van der Waals surface area contributed by atoms with Gasteiger partial charge < -0.3 is 0 Å². The van der Waals surface area contributed by atoms with Crippen molar-refractivity contribution >= 4 is 31.9 Å². The third-order valence-electron chi connectivity index (χ3n) is 3.81. The van der Waals surface area contributed by atoms with Gasteiger partial charge in [0, 0.05) is 25.0 Å². The van der Waals surface area contributed by atoms with Gasteiger partial charge in [-0.25, -0.2) is 0 Å². The van der Waals surface area contributed by atoms with Gasteiger partial charge in [-0.05, 0) is 41.2 Å². The molecule has 2 rings (SSSR count). The predicted molar refractivity (Wildman–Crippen MR) is 82.0 cm³/mol. The van der Waals surface area contributed by atoms with Gasteiger partial charge in [-0.2, -0.15) is 5.10 Å². The Morgan fingerprint density at radius 1 is 1.44 bits per heavy atom. The number of hydrogen-bond donors (Lipinski definition) is 0. The highest BCUT2D eigenvalue weighted by Crippen LogP contribution is 2.35. The van der Waals surface area contributed by atoms with Crippen LogP contribution in [0.2, 0.25) is 0 Å². The van der Waals surface area contributed by atoms with Crippen LogP contribution in [0.4, 0.5) is 0 Å². The molecule has 0 bridgehead atoms. The van der Waals surface area contributed by atoms with E-state index in [1.807, 2.05) is 18.7 Å². The van der Waals surface area contributed by atoms with Crippen molar-refractivity contribution in [1.82, 2.24) is 14.7 Å². The lowest BCUT2D eigenvalue weighted by Gasteiger charge is -2.41. The lowest BCUT2D eigenvalue weighted by molar-refractivity contribution is 0.118. The van der Waals surface area contributed by atoms with Crippen LogP contribution in [0.3, 0.4) is 0 Å². The second-order valence-electron chi connectivity index (χ2n) is 5.93. The van der Waals surface area contributed by atoms with E-state index in [0.717, 1.165) is 29.8 Å². The molecular weight excluding hydrogens is 358 g/mol. The molecule has 1 fully saturated rings. The molecule has 1 aromatic rings. The number of aryl methyl sites for hydroxylation is 2. The zero-order valence-electron chi connectivity index (χ0n) is 11.5. The summed E-state index contributed by atoms with van der Waals surface area (Å²) >= 11 is 7.45. The van der Waals surface area contributed by atoms with Crippen molar-refractivity contribution < 1.29 is 0 Å². The van der Waals surface area contributed by atoms with E-state index in [-0.39, 0.29) is 0 Å². The van der Waals surface area contributed by atoms with Crippen LogP contribution in [-0.2, 0) is 13.6 Å². The summed E-state index contributed by atoms with van der Waals surface area (Å²) in [6.45, 7) is 9.96. The van der Waals surface area contributed by atoms with Gasteiger partial charge in [0.1, 0.15) is 0 Å². The summed E-state index contributed by atoms with van der Waals surface area (Å²) in [6, 6.07) is 0. The Labute approximate surface area is 126 Å². The van der Waals surface area contributed by atoms with E-state index >= 15 is 0 Å². The molecule has 1 saturated heterocycles. The first-order valence-corrected chi connectivity index (χ1v) is 8.06. The third kappa shape index (κ3) is 2.83. The van der Waals surface area contributed by atoms with Crippen molar-refractivity contribution in [1.29, 1.82) is 0 Å². The Morgan fingerprint density at radius 2 is 2.11 bits per heavy atom. The molecular formula is C13H21Br2N3. The third-order valence-corrected chi connectivity index (χ3v) is 6.54. The van der Waals surface area contributed by atoms with E-state index in [2.05, 4.69) is 55.7 Å². The van der Waals surface area contributed by atoms with Crippen LogP contribution < -0.4 is 0 Å². The number of hydrogen-bond acceptors (Lipinski definition) is 2. The lowest BCUT2D eigenvalue weighted by Crippen LogP contribution is -2.46. The maximum absolute atomic E-state index is 4.46. The highest BCUT2D eigenvalue weighted by atomic mass is 79.9. The van der Waals surface area contributed by atoms with Gasteiger partial charge in [-0.15, -0.1) is 0 Å². The second-order valence-corrected chi connectivity index (χ2v) is 7.82. The van der Waals surface area contributed by atoms with Gasteiger partial charge >= 0.3 is 0 Å². The summed E-state index contributed by atoms with van der Waals surface area (Å²) in [7, 11) is 2.02. The molecule has 2 heterocycles. The number of rotatable bonds is 2. The van der Waals surface area contributed by atoms with Crippen molar-refractivity contribution in [3.63, 3.8) is 0 Å². The fraction of sp³-hybridized carbons (Fsp3) is 0.769. The number of halogens is 2. The van der Waals surface area contributed by atoms with Gasteiger partial charge in [0.15, 0.2) is 0 Å². The summed E-state index contributed by atoms with van der Waals surface area (Å²) < 4.78 is 3.15. The largest absolute Gasteiger partial charge is 0.297 e. The van der Waals surface area contributed by atoms with E-state index in [1.54, 1.807) is 0 Å². The zero-order valence-corrected chi connectivity index (χ0v) is 14.7. The minimum Gasteiger partial charge on any atom is -0.297 e. The van der Waals surface area contributed by atoms with Gasteiger partial charge in [0.2, 0.25) is 0 Å². The summed E-state index contributed by atoms with van der Waals surface area (Å²) in [5.74, 6) is 0. The van der Waals surface area contributed by atoms with Crippen LogP contribution in [0.25, 0.3) is 0 Å². The van der Waals surface area contributed by atoms with Crippen LogP contribution in [0.15, 0.2) is 4.47 Å². The Kier molecular flexibility index (Phi) is 4.24. The highest BCUT2D eigenvalue weighted by Gasteiger charge is 2.34. The Balaban J connectivity index is 2.11. The smallest absolute Gasteiger partial charge is 0.0739 e. The Morgan fingerprint density at radius 3 is 2.61 bits per heavy atom. The van der Waals surface area contributed by atoms with E-state index < -0.39 is 0 Å². The van der Waals surface area contributed by atoms with E-state index in [0.29, 0.717) is 10.2 Å². The molecule has 1 unspecified atom stereocenters. The first-order chi connectivity index (χ1) is 8.31. The molecule has 0 amide bonds. The average molecular weight is 379 g/mol. The van der Waals surface area contributed by atoms with Crippen LogP contribution in [-0.4, -0.2) is 32.6 Å². The van der Waals surface area contributed by atoms with Gasteiger partial charge in [0.25, 0.3) is 0 Å². The van der Waals surface area contributed by atoms with E-state index in [4.69, 9.17) is 0 Å². The number of aromatic nitrogens is 2. The molecule has 0 aromatic carbocycles. The molecule has 1 aliphatic heterocycles. The molecule has 1 aliphatic rings. The first-order valence-electron chi connectivity index (χ1n) is 6.35. The standard InChI is InChI=1S/C13H21Br2N3/c1-9-12(15)10(17(4)16-9)7-18-6-5-11(14)13(2,3)8-18/h11H,5-8H2,1-4H3. The van der Waals surface area contributed by atoms with Gasteiger partial charge in [-0.1, -0.05) is 29.8 Å². The second kappa shape index (κ2) is 5.25. The van der Waals surface area contributed by atoms with Gasteiger partial charge in [0.05, 0.1) is 15.9 Å². The number of piperidine rings is 1. The minimum absolute atomic E-state index is 0.332. The maximum Gasteiger partial charge on any atom is 0.0739 e. The minimum atomic E-state index is 0.332. The lowest BCUT2D eigenvalue weighted by atomic mass is 9.84. The monoisotopic (exact) mass is 377 g/mol. The summed E-state index contributed by atoms with van der Waals surface area (Å²) in [6.07, 6.45) is 1.21. The van der Waals surface area contributed by atoms with Gasteiger partial charge in [-0.3, -0.25) is 9.58 Å². The molecule has 0 spiro atoms. The summed E-state index contributed by atoms with van der Waals surface area (Å²) in [4.78, 5) is 3.15. The quantitative estimate of drug-likeness (QED) is 0.734. The van der Waals surface area contributed by atoms with E-state index in [1.165, 1.54) is 12.1 Å². The molecule has 18 heavy (non-hydrogen) atoms. The maximum atomic E-state index is 4.46. The normalized spacial score (nSPS) is 24.4. The number of nitrogens with zero attached hydrogens (tertiary/aromatic N) is 3. The molecule has 0 aliphatic carbocycles. The topological polar surface area (TPSA) is 21.1 Å². The number of alkyl halides is 1. The molecule has 102 valence electrons. The van der Waals surface area contributed by atoms with Crippen molar-refractivity contribution in [3.8, 4) is 0 Å².